The first-order chi connectivity index (χ1) is 7.74. The van der Waals surface area contributed by atoms with Crippen molar-refractivity contribution < 1.29 is 4.74 Å². The zero-order chi connectivity index (χ0) is 11.8. The fraction of sp³-hybridized carbons (Fsp3) is 0.750. The predicted octanol–water partition coefficient (Wildman–Crippen LogP) is 1.60. The minimum Gasteiger partial charge on any atom is -0.383 e. The van der Waals surface area contributed by atoms with Gasteiger partial charge in [0.1, 0.15) is 5.82 Å². The van der Waals surface area contributed by atoms with Gasteiger partial charge in [-0.15, -0.1) is 0 Å². The Bertz CT molecular complexity index is 259. The van der Waals surface area contributed by atoms with Crippen LogP contribution in [0.15, 0.2) is 12.4 Å². The van der Waals surface area contributed by atoms with Gasteiger partial charge < -0.3 is 15.0 Å². The van der Waals surface area contributed by atoms with Crippen molar-refractivity contribution in [3.63, 3.8) is 0 Å². The van der Waals surface area contributed by atoms with Gasteiger partial charge in [0.2, 0.25) is 0 Å². The van der Waals surface area contributed by atoms with Crippen LogP contribution < -0.4 is 5.32 Å². The largest absolute Gasteiger partial charge is 0.383 e. The van der Waals surface area contributed by atoms with Crippen molar-refractivity contribution in [2.24, 2.45) is 5.92 Å². The number of aryl methyl sites for hydroxylation is 1. The Balaban J connectivity index is 2.13. The third kappa shape index (κ3) is 4.77. The molecule has 1 rings (SSSR count). The van der Waals surface area contributed by atoms with E-state index in [4.69, 9.17) is 4.74 Å². The number of methoxy groups -OCH3 is 1. The first kappa shape index (κ1) is 13.2. The summed E-state index contributed by atoms with van der Waals surface area (Å²) in [5.41, 5.74) is 0. The second-order valence-corrected chi connectivity index (χ2v) is 4.40. The molecular formula is C12H23N3O. The molecule has 1 aromatic heterocycles. The summed E-state index contributed by atoms with van der Waals surface area (Å²) in [6.45, 7) is 6.21. The van der Waals surface area contributed by atoms with E-state index in [1.807, 2.05) is 6.20 Å². The molecule has 0 saturated carbocycles. The lowest BCUT2D eigenvalue weighted by molar-refractivity contribution is 0.147. The maximum atomic E-state index is 5.19. The van der Waals surface area contributed by atoms with Crippen LogP contribution in [0, 0.1) is 5.92 Å². The average molecular weight is 225 g/mol. The third-order valence-electron chi connectivity index (χ3n) is 2.70. The van der Waals surface area contributed by atoms with E-state index in [2.05, 4.69) is 29.1 Å². The van der Waals surface area contributed by atoms with Gasteiger partial charge in [-0.25, -0.2) is 4.98 Å². The number of ether oxygens (including phenoxy) is 1. The van der Waals surface area contributed by atoms with Gasteiger partial charge in [0.25, 0.3) is 0 Å². The van der Waals surface area contributed by atoms with Gasteiger partial charge in [0.05, 0.1) is 6.61 Å². The van der Waals surface area contributed by atoms with E-state index in [9.17, 15) is 0 Å². The van der Waals surface area contributed by atoms with Gasteiger partial charge in [0, 0.05) is 32.0 Å². The highest BCUT2D eigenvalue weighted by Crippen LogP contribution is 2.02. The van der Waals surface area contributed by atoms with Crippen LogP contribution in [0.3, 0.4) is 0 Å². The summed E-state index contributed by atoms with van der Waals surface area (Å²) in [6.07, 6.45) is 5.76. The van der Waals surface area contributed by atoms with Crippen LogP contribution in [-0.2, 0) is 11.2 Å². The second kappa shape index (κ2) is 7.41. The van der Waals surface area contributed by atoms with Gasteiger partial charge in [-0.2, -0.15) is 0 Å². The molecule has 4 nitrogen and oxygen atoms in total. The normalized spacial score (nSPS) is 13.2. The number of hydrogen-bond acceptors (Lipinski definition) is 3. The maximum absolute atomic E-state index is 5.19. The van der Waals surface area contributed by atoms with E-state index in [1.165, 1.54) is 0 Å². The summed E-state index contributed by atoms with van der Waals surface area (Å²) in [7, 11) is 1.75. The molecule has 0 radical (unpaired) electrons. The lowest BCUT2D eigenvalue weighted by Crippen LogP contribution is -2.38. The van der Waals surface area contributed by atoms with Crippen LogP contribution in [-0.4, -0.2) is 36.3 Å². The number of rotatable bonds is 8. The Labute approximate surface area is 97.8 Å². The lowest BCUT2D eigenvalue weighted by Gasteiger charge is -2.21. The Hall–Kier alpha value is -0.870. The van der Waals surface area contributed by atoms with E-state index in [-0.39, 0.29) is 0 Å². The van der Waals surface area contributed by atoms with E-state index in [0.717, 1.165) is 31.8 Å². The number of H-pyrrole nitrogens is 1. The standard InChI is InChI=1S/C12H23N3O/c1-10(2)11(9-16-3)13-6-4-5-12-14-7-8-15-12/h7-8,10-11,13H,4-6,9H2,1-3H3,(H,14,15). The zero-order valence-corrected chi connectivity index (χ0v) is 10.5. The predicted molar refractivity (Wildman–Crippen MR) is 65.4 cm³/mol. The molecule has 0 fully saturated rings. The van der Waals surface area contributed by atoms with Crippen molar-refractivity contribution >= 4 is 0 Å². The van der Waals surface area contributed by atoms with Crippen molar-refractivity contribution in [2.75, 3.05) is 20.3 Å². The van der Waals surface area contributed by atoms with Crippen LogP contribution in [0.25, 0.3) is 0 Å². The summed E-state index contributed by atoms with van der Waals surface area (Å²) in [5.74, 6) is 1.67. The van der Waals surface area contributed by atoms with Crippen LogP contribution in [0.4, 0.5) is 0 Å². The maximum Gasteiger partial charge on any atom is 0.106 e. The number of nitrogens with zero attached hydrogens (tertiary/aromatic N) is 1. The molecule has 1 heterocycles. The molecule has 0 bridgehead atoms. The first-order valence-electron chi connectivity index (χ1n) is 5.94. The zero-order valence-electron chi connectivity index (χ0n) is 10.5. The third-order valence-corrected chi connectivity index (χ3v) is 2.70. The van der Waals surface area contributed by atoms with Crippen LogP contribution >= 0.6 is 0 Å². The van der Waals surface area contributed by atoms with Crippen molar-refractivity contribution in [1.29, 1.82) is 0 Å². The molecule has 0 aromatic carbocycles. The minimum absolute atomic E-state index is 0.446. The highest BCUT2D eigenvalue weighted by Gasteiger charge is 2.11. The Kier molecular flexibility index (Phi) is 6.11. The summed E-state index contributed by atoms with van der Waals surface area (Å²) in [4.78, 5) is 7.31. The second-order valence-electron chi connectivity index (χ2n) is 4.40. The van der Waals surface area contributed by atoms with E-state index in [1.54, 1.807) is 13.3 Å². The first-order valence-corrected chi connectivity index (χ1v) is 5.94. The van der Waals surface area contributed by atoms with Gasteiger partial charge in [-0.05, 0) is 18.9 Å². The molecule has 16 heavy (non-hydrogen) atoms. The molecule has 0 aliphatic heterocycles. The SMILES string of the molecule is COCC(NCCCc1ncc[nH]1)C(C)C. The highest BCUT2D eigenvalue weighted by molar-refractivity contribution is 4.86. The van der Waals surface area contributed by atoms with Crippen molar-refractivity contribution in [3.05, 3.63) is 18.2 Å². The van der Waals surface area contributed by atoms with Gasteiger partial charge >= 0.3 is 0 Å². The van der Waals surface area contributed by atoms with Crippen LogP contribution in [0.5, 0.6) is 0 Å². The van der Waals surface area contributed by atoms with Gasteiger partial charge in [-0.3, -0.25) is 0 Å². The molecule has 0 spiro atoms. The molecule has 2 N–H and O–H groups in total. The molecule has 92 valence electrons. The number of nitrogens with one attached hydrogen (secondary N) is 2. The lowest BCUT2D eigenvalue weighted by atomic mass is 10.1. The summed E-state index contributed by atoms with van der Waals surface area (Å²) >= 11 is 0. The van der Waals surface area contributed by atoms with Crippen molar-refractivity contribution in [3.8, 4) is 0 Å². The molecule has 4 heteroatoms. The topological polar surface area (TPSA) is 49.9 Å². The fourth-order valence-electron chi connectivity index (χ4n) is 1.64. The minimum atomic E-state index is 0.446. The molecule has 0 amide bonds. The summed E-state index contributed by atoms with van der Waals surface area (Å²) in [5, 5.41) is 3.52. The highest BCUT2D eigenvalue weighted by atomic mass is 16.5. The van der Waals surface area contributed by atoms with E-state index >= 15 is 0 Å². The number of imidazole rings is 1. The van der Waals surface area contributed by atoms with Gasteiger partial charge in [0.15, 0.2) is 0 Å². The smallest absolute Gasteiger partial charge is 0.106 e. The molecule has 0 aliphatic rings. The molecule has 1 aromatic rings. The number of aromatic nitrogens is 2. The van der Waals surface area contributed by atoms with E-state index < -0.39 is 0 Å². The van der Waals surface area contributed by atoms with Crippen molar-refractivity contribution in [1.82, 2.24) is 15.3 Å². The van der Waals surface area contributed by atoms with Crippen LogP contribution in [0.2, 0.25) is 0 Å². The molecule has 1 atom stereocenters. The molecule has 1 unspecified atom stereocenters. The molecule has 0 aliphatic carbocycles. The molecular weight excluding hydrogens is 202 g/mol. The van der Waals surface area contributed by atoms with Crippen molar-refractivity contribution in [2.45, 2.75) is 32.7 Å². The fourth-order valence-corrected chi connectivity index (χ4v) is 1.64. The Morgan fingerprint density at radius 2 is 2.31 bits per heavy atom. The average Bonchev–Trinajstić information content (AvgIpc) is 2.75. The van der Waals surface area contributed by atoms with E-state index in [0.29, 0.717) is 12.0 Å². The van der Waals surface area contributed by atoms with Crippen LogP contribution in [0.1, 0.15) is 26.1 Å². The van der Waals surface area contributed by atoms with Gasteiger partial charge in [-0.1, -0.05) is 13.8 Å². The Morgan fingerprint density at radius 1 is 1.50 bits per heavy atom. The Morgan fingerprint density at radius 3 is 2.88 bits per heavy atom. The number of hydrogen-bond donors (Lipinski definition) is 2. The quantitative estimate of drug-likeness (QED) is 0.661. The number of aromatic amines is 1. The summed E-state index contributed by atoms with van der Waals surface area (Å²) < 4.78 is 5.19. The summed E-state index contributed by atoms with van der Waals surface area (Å²) in [6, 6.07) is 0.446. The molecule has 0 saturated heterocycles. The monoisotopic (exact) mass is 225 g/mol.